The Balaban J connectivity index is 0.00000306. The van der Waals surface area contributed by atoms with Gasteiger partial charge in [0.2, 0.25) is 0 Å². The molecular formula is C25H30Cl3N3OS. The van der Waals surface area contributed by atoms with Gasteiger partial charge in [-0.2, -0.15) is 0 Å². The van der Waals surface area contributed by atoms with Gasteiger partial charge in [-0.1, -0.05) is 35.3 Å². The summed E-state index contributed by atoms with van der Waals surface area (Å²) in [6.07, 6.45) is 2.20. The van der Waals surface area contributed by atoms with Crippen LogP contribution in [-0.4, -0.2) is 67.3 Å². The molecule has 1 aliphatic rings. The van der Waals surface area contributed by atoms with E-state index in [-0.39, 0.29) is 19.0 Å². The van der Waals surface area contributed by atoms with Gasteiger partial charge in [0.15, 0.2) is 0 Å². The first-order valence-electron chi connectivity index (χ1n) is 11.2. The summed E-state index contributed by atoms with van der Waals surface area (Å²) in [5.74, 6) is 0. The van der Waals surface area contributed by atoms with Gasteiger partial charge in [-0.05, 0) is 61.3 Å². The van der Waals surface area contributed by atoms with Crippen molar-refractivity contribution in [1.82, 2.24) is 9.80 Å². The first-order valence-corrected chi connectivity index (χ1v) is 12.7. The van der Waals surface area contributed by atoms with Crippen molar-refractivity contribution in [2.45, 2.75) is 12.8 Å². The highest BCUT2D eigenvalue weighted by atomic mass is 35.5. The summed E-state index contributed by atoms with van der Waals surface area (Å²) in [6, 6.07) is 16.2. The van der Waals surface area contributed by atoms with Crippen LogP contribution in [0.5, 0.6) is 0 Å². The molecule has 1 aliphatic heterocycles. The third kappa shape index (κ3) is 7.40. The minimum atomic E-state index is 0. The van der Waals surface area contributed by atoms with Crippen LogP contribution in [0.4, 0.5) is 0 Å². The van der Waals surface area contributed by atoms with Crippen molar-refractivity contribution in [2.24, 2.45) is 4.99 Å². The van der Waals surface area contributed by atoms with Crippen molar-refractivity contribution < 1.29 is 5.11 Å². The molecule has 1 saturated heterocycles. The molecule has 4 rings (SSSR count). The van der Waals surface area contributed by atoms with E-state index in [1.54, 1.807) is 11.3 Å². The second kappa shape index (κ2) is 13.1. The molecule has 0 saturated carbocycles. The fourth-order valence-electron chi connectivity index (χ4n) is 4.05. The van der Waals surface area contributed by atoms with Gasteiger partial charge in [-0.25, -0.2) is 0 Å². The van der Waals surface area contributed by atoms with E-state index in [2.05, 4.69) is 34.1 Å². The lowest BCUT2D eigenvalue weighted by Crippen LogP contribution is -2.47. The number of piperazine rings is 1. The van der Waals surface area contributed by atoms with Crippen LogP contribution in [0.15, 0.2) is 53.5 Å². The first-order chi connectivity index (χ1) is 15.6. The number of hydrogen-bond donors (Lipinski definition) is 1. The van der Waals surface area contributed by atoms with Crippen LogP contribution < -0.4 is 5.36 Å². The second-order valence-corrected chi connectivity index (χ2v) is 10.1. The maximum absolute atomic E-state index is 9.08. The molecule has 33 heavy (non-hydrogen) atoms. The Bertz CT molecular complexity index is 1100. The predicted molar refractivity (Wildman–Crippen MR) is 144 cm³/mol. The monoisotopic (exact) mass is 525 g/mol. The highest BCUT2D eigenvalue weighted by Gasteiger charge is 2.15. The number of aliphatic hydroxyl groups is 1. The van der Waals surface area contributed by atoms with E-state index in [9.17, 15) is 0 Å². The zero-order chi connectivity index (χ0) is 22.3. The maximum atomic E-state index is 9.08. The minimum Gasteiger partial charge on any atom is -0.395 e. The molecule has 2 heterocycles. The Kier molecular flexibility index (Phi) is 10.5. The highest BCUT2D eigenvalue weighted by molar-refractivity contribution is 7.21. The minimum absolute atomic E-state index is 0. The predicted octanol–water partition coefficient (Wildman–Crippen LogP) is 5.59. The number of hydrogen-bond acceptors (Lipinski definition) is 5. The van der Waals surface area contributed by atoms with Crippen molar-refractivity contribution in [3.8, 4) is 10.4 Å². The van der Waals surface area contributed by atoms with Gasteiger partial charge >= 0.3 is 0 Å². The average molecular weight is 527 g/mol. The lowest BCUT2D eigenvalue weighted by molar-refractivity contribution is 0.111. The zero-order valence-electron chi connectivity index (χ0n) is 18.6. The van der Waals surface area contributed by atoms with E-state index in [1.165, 1.54) is 9.58 Å². The van der Waals surface area contributed by atoms with Crippen molar-refractivity contribution in [3.05, 3.63) is 63.9 Å². The van der Waals surface area contributed by atoms with Gasteiger partial charge in [0.1, 0.15) is 0 Å². The summed E-state index contributed by atoms with van der Waals surface area (Å²) >= 11 is 14.1. The third-order valence-corrected chi connectivity index (χ3v) is 7.52. The number of β-amino-alcohol motifs (C(OH)–C–C–N with tert-alkyl or cyclic N) is 1. The number of halogens is 3. The summed E-state index contributed by atoms with van der Waals surface area (Å²) in [5.41, 5.74) is 1.15. The van der Waals surface area contributed by atoms with Crippen LogP contribution in [0.1, 0.15) is 12.8 Å². The van der Waals surface area contributed by atoms with Gasteiger partial charge < -0.3 is 10.0 Å². The SMILES string of the molecule is Cl.OCCN1CCN(CCCCN=c2cc(-c3ccc(Cl)cc3)sc3ccc(Cl)cc23)CC1. The topological polar surface area (TPSA) is 39.1 Å². The molecule has 0 spiro atoms. The van der Waals surface area contributed by atoms with Gasteiger partial charge in [0, 0.05) is 64.3 Å². The largest absolute Gasteiger partial charge is 0.395 e. The molecule has 0 atom stereocenters. The summed E-state index contributed by atoms with van der Waals surface area (Å²) in [4.78, 5) is 11.0. The number of nitrogens with zero attached hydrogens (tertiary/aromatic N) is 3. The number of benzene rings is 2. The van der Waals surface area contributed by atoms with E-state index < -0.39 is 0 Å². The number of aliphatic hydroxyl groups excluding tert-OH is 1. The quantitative estimate of drug-likeness (QED) is 0.389. The molecule has 0 unspecified atom stereocenters. The highest BCUT2D eigenvalue weighted by Crippen LogP contribution is 2.30. The molecule has 0 radical (unpaired) electrons. The lowest BCUT2D eigenvalue weighted by Gasteiger charge is -2.34. The van der Waals surface area contributed by atoms with Crippen LogP contribution >= 0.6 is 46.9 Å². The Morgan fingerprint density at radius 1 is 0.848 bits per heavy atom. The molecule has 4 nitrogen and oxygen atoms in total. The Morgan fingerprint density at radius 3 is 2.21 bits per heavy atom. The van der Waals surface area contributed by atoms with Crippen LogP contribution in [0.2, 0.25) is 10.0 Å². The van der Waals surface area contributed by atoms with Crippen molar-refractivity contribution in [3.63, 3.8) is 0 Å². The molecule has 0 aliphatic carbocycles. The van der Waals surface area contributed by atoms with E-state index in [1.807, 2.05) is 24.3 Å². The first kappa shape index (κ1) is 26.4. The Hall–Kier alpha value is -1.18. The Morgan fingerprint density at radius 2 is 1.52 bits per heavy atom. The van der Waals surface area contributed by atoms with E-state index in [0.717, 1.165) is 85.0 Å². The van der Waals surface area contributed by atoms with Gasteiger partial charge in [-0.3, -0.25) is 9.89 Å². The molecule has 2 aromatic carbocycles. The van der Waals surface area contributed by atoms with E-state index in [4.69, 9.17) is 33.3 Å². The van der Waals surface area contributed by atoms with Gasteiger partial charge in [-0.15, -0.1) is 23.7 Å². The lowest BCUT2D eigenvalue weighted by atomic mass is 10.1. The zero-order valence-corrected chi connectivity index (χ0v) is 21.7. The molecule has 1 aromatic heterocycles. The summed E-state index contributed by atoms with van der Waals surface area (Å²) in [5, 5.41) is 12.7. The summed E-state index contributed by atoms with van der Waals surface area (Å²) < 4.78 is 1.18. The van der Waals surface area contributed by atoms with E-state index >= 15 is 0 Å². The second-order valence-electron chi connectivity index (χ2n) is 8.14. The third-order valence-electron chi connectivity index (χ3n) is 5.88. The molecule has 8 heteroatoms. The molecule has 0 bridgehead atoms. The normalized spacial score (nSPS) is 15.7. The summed E-state index contributed by atoms with van der Waals surface area (Å²) in [6.45, 7) is 7.24. The van der Waals surface area contributed by atoms with Crippen LogP contribution in [0.25, 0.3) is 20.5 Å². The maximum Gasteiger partial charge on any atom is 0.0675 e. The van der Waals surface area contributed by atoms with Crippen LogP contribution in [0.3, 0.4) is 0 Å². The molecule has 3 aromatic rings. The smallest absolute Gasteiger partial charge is 0.0675 e. The molecule has 178 valence electrons. The van der Waals surface area contributed by atoms with Crippen LogP contribution in [-0.2, 0) is 0 Å². The van der Waals surface area contributed by atoms with E-state index in [0.29, 0.717) is 0 Å². The number of fused-ring (bicyclic) bond motifs is 1. The van der Waals surface area contributed by atoms with Gasteiger partial charge in [0.25, 0.3) is 0 Å². The van der Waals surface area contributed by atoms with Crippen molar-refractivity contribution in [2.75, 3.05) is 52.4 Å². The number of unbranched alkanes of at least 4 members (excludes halogenated alkanes) is 1. The molecule has 0 amide bonds. The fourth-order valence-corrected chi connectivity index (χ4v) is 5.42. The number of rotatable bonds is 8. The molecular weight excluding hydrogens is 497 g/mol. The molecule has 1 N–H and O–H groups in total. The fraction of sp³-hybridized carbons (Fsp3) is 0.400. The van der Waals surface area contributed by atoms with Gasteiger partial charge in [0.05, 0.1) is 12.0 Å². The Labute approximate surface area is 215 Å². The van der Waals surface area contributed by atoms with Crippen LogP contribution in [0, 0.1) is 0 Å². The molecule has 1 fully saturated rings. The standard InChI is InChI=1S/C25H29Cl2N3OS.ClH/c26-20-5-3-19(4-6-20)25-18-23(22-17-21(27)7-8-24(22)32-25)28-9-1-2-10-29-11-13-30(14-12-29)15-16-31;/h3-8,17-18,31H,1-2,9-16H2;1H. The van der Waals surface area contributed by atoms with Crippen molar-refractivity contribution in [1.29, 1.82) is 0 Å². The average Bonchev–Trinajstić information content (AvgIpc) is 2.80. The van der Waals surface area contributed by atoms with Crippen molar-refractivity contribution >= 4 is 57.0 Å². The summed E-state index contributed by atoms with van der Waals surface area (Å²) in [7, 11) is 0.